The quantitative estimate of drug-likeness (QED) is 0.161. The molecule has 664 valence electrons. The van der Waals surface area contributed by atoms with E-state index in [0.717, 1.165) is 105 Å². The van der Waals surface area contributed by atoms with E-state index in [4.69, 9.17) is 29.9 Å². The van der Waals surface area contributed by atoms with Crippen molar-refractivity contribution in [2.45, 2.75) is 0 Å². The first-order valence-corrected chi connectivity index (χ1v) is 48.9. The van der Waals surface area contributed by atoms with Gasteiger partial charge < -0.3 is 4.57 Å². The van der Waals surface area contributed by atoms with E-state index in [1.807, 2.05) is 79.5 Å². The molecule has 0 amide bonds. The number of hydrogen-bond donors (Lipinski definition) is 0. The van der Waals surface area contributed by atoms with Crippen molar-refractivity contribution in [1.82, 2.24) is 58.1 Å². The summed E-state index contributed by atoms with van der Waals surface area (Å²) in [4.78, 5) is 38.9. The van der Waals surface area contributed by atoms with Gasteiger partial charge in [-0.15, -0.1) is 0 Å². The highest BCUT2D eigenvalue weighted by Crippen LogP contribution is 2.58. The van der Waals surface area contributed by atoms with Crippen LogP contribution in [-0.2, 0) is 0 Å². The van der Waals surface area contributed by atoms with E-state index < -0.39 is 0 Å². The molecule has 0 saturated heterocycles. The monoisotopic (exact) mass is 1830 g/mol. The third kappa shape index (κ3) is 11.5. The largest absolute Gasteiger partial charge is 0.307 e. The third-order valence-electron chi connectivity index (χ3n) is 30.3. The standard InChI is InChI=1S/C37H22N2.C36H21N3.C30H17N3.C29H16N4/c1-2-9-23(10-3-1)25-12-6-14-27(21-25)39-32-19-18-24-11-7-17-30-28-15-4-5-16-29(28)31-22-26-13-8-20-38-36(26)37(39)34(31)35(32)33(24)30;1-2-9-22(10-3-1)29-16-7-17-31(38-29)39-30-19-18-23-11-6-15-27-25-13-4-5-14-26(25)28-21-24-12-8-20-37-35(24)36(39)33(28)34(30)32(23)27;1-2-10-21-20(9-1)22-11-5-7-18-13-14-24-28(26(18)22)27-23(21)17-19-8-6-16-32-29(19)30(27)33(24)25-12-3-4-15-31-25;1-2-9-20-19(8-1)21-10-3-6-17-11-12-23-26(24(17)21)25-22(20)16-18-7-4-13-30-27(18)28(25)33(23)29-31-14-5-15-32-29/h1-22H;1-21H;1-17H;1-16H. The molecular weight excluding hydrogens is 1750 g/mol. The molecular formula is C132H76N12. The van der Waals surface area contributed by atoms with Crippen LogP contribution in [0.3, 0.4) is 0 Å². The molecule has 12 heteroatoms. The molecule has 0 spiro atoms. The number of pyridine rings is 6. The summed E-state index contributed by atoms with van der Waals surface area (Å²) in [5.41, 5.74) is 38.9. The summed E-state index contributed by atoms with van der Waals surface area (Å²) in [7, 11) is 0. The van der Waals surface area contributed by atoms with Crippen molar-refractivity contribution < 1.29 is 0 Å². The van der Waals surface area contributed by atoms with Gasteiger partial charge in [-0.25, -0.2) is 19.9 Å². The van der Waals surface area contributed by atoms with Gasteiger partial charge in [0.1, 0.15) is 11.6 Å². The molecule has 30 aromatic rings. The van der Waals surface area contributed by atoms with Gasteiger partial charge in [0.15, 0.2) is 0 Å². The van der Waals surface area contributed by atoms with Crippen molar-refractivity contribution in [3.05, 3.63) is 462 Å². The molecule has 0 radical (unpaired) electrons. The topological polar surface area (TPSA) is 123 Å². The van der Waals surface area contributed by atoms with Crippen molar-refractivity contribution in [3.8, 4) is 135 Å². The third-order valence-corrected chi connectivity index (χ3v) is 30.3. The Morgan fingerprint density at radius 1 is 0.153 bits per heavy atom. The van der Waals surface area contributed by atoms with Gasteiger partial charge in [-0.1, -0.05) is 303 Å². The average Bonchev–Trinajstić information content (AvgIpc) is 1.55. The van der Waals surface area contributed by atoms with E-state index >= 15 is 0 Å². The molecule has 144 heavy (non-hydrogen) atoms. The molecule has 34 rings (SSSR count). The van der Waals surface area contributed by atoms with E-state index in [2.05, 4.69) is 398 Å². The number of rotatable bonds is 6. The Morgan fingerprint density at radius 3 is 0.854 bits per heavy atom. The predicted molar refractivity (Wildman–Crippen MR) is 594 cm³/mol. The van der Waals surface area contributed by atoms with Gasteiger partial charge in [0.05, 0.1) is 71.9 Å². The summed E-state index contributed by atoms with van der Waals surface area (Å²) in [6.45, 7) is 0. The van der Waals surface area contributed by atoms with Crippen molar-refractivity contribution in [1.29, 1.82) is 0 Å². The number of aromatic nitrogens is 12. The lowest BCUT2D eigenvalue weighted by atomic mass is 9.93. The summed E-state index contributed by atoms with van der Waals surface area (Å²) < 4.78 is 9.27. The Bertz CT molecular complexity index is 10200. The lowest BCUT2D eigenvalue weighted by Crippen LogP contribution is -2.01. The minimum atomic E-state index is 0.660. The molecule has 4 aliphatic carbocycles. The second-order valence-electron chi connectivity index (χ2n) is 37.8. The number of hydrogen-bond acceptors (Lipinski definition) is 8. The van der Waals surface area contributed by atoms with Crippen LogP contribution in [0.25, 0.3) is 309 Å². The lowest BCUT2D eigenvalue weighted by Gasteiger charge is -2.15. The van der Waals surface area contributed by atoms with Crippen LogP contribution in [0.4, 0.5) is 0 Å². The van der Waals surface area contributed by atoms with Crippen molar-refractivity contribution in [3.63, 3.8) is 0 Å². The molecule has 4 aliphatic rings. The zero-order valence-electron chi connectivity index (χ0n) is 77.2. The second kappa shape index (κ2) is 31.0. The first kappa shape index (κ1) is 79.5. The van der Waals surface area contributed by atoms with Crippen molar-refractivity contribution >= 4 is 174 Å². The number of fused-ring (bicyclic) bond motifs is 20. The van der Waals surface area contributed by atoms with Crippen molar-refractivity contribution in [2.75, 3.05) is 0 Å². The molecule has 0 aliphatic heterocycles. The zero-order chi connectivity index (χ0) is 94.0. The normalized spacial score (nSPS) is 12.2. The molecule has 12 nitrogen and oxygen atoms in total. The van der Waals surface area contributed by atoms with Crippen LogP contribution in [0.5, 0.6) is 0 Å². The Hall–Kier alpha value is -19.6. The molecule has 0 unspecified atom stereocenters. The molecule has 0 bridgehead atoms. The van der Waals surface area contributed by atoms with Crippen LogP contribution in [-0.4, -0.2) is 58.1 Å². The van der Waals surface area contributed by atoms with Gasteiger partial charge >= 0.3 is 0 Å². The lowest BCUT2D eigenvalue weighted by molar-refractivity contribution is 0.990. The van der Waals surface area contributed by atoms with Gasteiger partial charge in [0.25, 0.3) is 0 Å². The molecule has 0 N–H and O–H groups in total. The summed E-state index contributed by atoms with van der Waals surface area (Å²) in [6, 6.07) is 150. The predicted octanol–water partition coefficient (Wildman–Crippen LogP) is 33.4. The van der Waals surface area contributed by atoms with Crippen LogP contribution in [0, 0.1) is 0 Å². The molecule has 0 fully saturated rings. The summed E-state index contributed by atoms with van der Waals surface area (Å²) >= 11 is 0. The fourth-order valence-corrected chi connectivity index (χ4v) is 24.6. The fraction of sp³-hybridized carbons (Fsp3) is 0. The highest BCUT2D eigenvalue weighted by atomic mass is 15.2. The minimum Gasteiger partial charge on any atom is -0.307 e. The van der Waals surface area contributed by atoms with Gasteiger partial charge in [-0.2, -0.15) is 0 Å². The summed E-state index contributed by atoms with van der Waals surface area (Å²) in [5, 5.41) is 24.8. The second-order valence-corrected chi connectivity index (χ2v) is 37.8. The van der Waals surface area contributed by atoms with Crippen LogP contribution >= 0.6 is 0 Å². The highest BCUT2D eigenvalue weighted by molar-refractivity contribution is 6.39. The maximum absolute atomic E-state index is 5.22. The average molecular weight is 1830 g/mol. The minimum absolute atomic E-state index is 0.660. The number of benzene rings is 19. The van der Waals surface area contributed by atoms with E-state index in [1.54, 1.807) is 12.4 Å². The van der Waals surface area contributed by atoms with Crippen LogP contribution in [0.15, 0.2) is 462 Å². The molecule has 0 atom stereocenters. The SMILES string of the molecule is c1ccc(-c2cccc(-n3c4ccc5cccc6c5c4c4c(cc5cccnc5c43)-c3ccccc3-6)c2)cc1.c1ccc(-c2cccc(-n3c4ccc5cccc6c5c4c4c(cc5cccnc5c43)-c3ccccc3-6)n2)cc1.c1ccc(-n2c3ccc4cccc5c4c3c3c(cc4cccnc4c32)-c2ccccc2-5)nc1.c1cnc(-n2c3ccc4cccc5c4c3c3c(cc4cccnc4c32)-c2ccccc2-5)nc1. The smallest absolute Gasteiger partial charge is 0.234 e. The van der Waals surface area contributed by atoms with Crippen LogP contribution in [0.2, 0.25) is 0 Å². The van der Waals surface area contributed by atoms with Gasteiger partial charge in [0, 0.05) is 119 Å². The van der Waals surface area contributed by atoms with E-state index in [9.17, 15) is 0 Å². The van der Waals surface area contributed by atoms with Crippen molar-refractivity contribution in [2.24, 2.45) is 0 Å². The highest BCUT2D eigenvalue weighted by Gasteiger charge is 2.34. The number of nitrogens with zero attached hydrogens (tertiary/aromatic N) is 12. The van der Waals surface area contributed by atoms with Gasteiger partial charge in [-0.05, 0) is 258 Å². The first-order chi connectivity index (χ1) is 71.5. The summed E-state index contributed by atoms with van der Waals surface area (Å²) in [5.74, 6) is 2.46. The Morgan fingerprint density at radius 2 is 0.451 bits per heavy atom. The molecule has 11 heterocycles. The maximum atomic E-state index is 5.22. The molecule has 0 saturated carbocycles. The molecule has 11 aromatic heterocycles. The van der Waals surface area contributed by atoms with E-state index in [0.29, 0.717) is 5.95 Å². The van der Waals surface area contributed by atoms with Gasteiger partial charge in [-0.3, -0.25) is 33.6 Å². The van der Waals surface area contributed by atoms with Gasteiger partial charge in [0.2, 0.25) is 5.95 Å². The zero-order valence-corrected chi connectivity index (χ0v) is 77.2. The fourth-order valence-electron chi connectivity index (χ4n) is 24.6. The first-order valence-electron chi connectivity index (χ1n) is 48.9. The summed E-state index contributed by atoms with van der Waals surface area (Å²) in [6.07, 6.45) is 13.0. The Labute approximate surface area is 823 Å². The Kier molecular flexibility index (Phi) is 17.1. The van der Waals surface area contributed by atoms with E-state index in [1.165, 1.54) is 197 Å². The van der Waals surface area contributed by atoms with E-state index in [-0.39, 0.29) is 0 Å². The van der Waals surface area contributed by atoms with Crippen LogP contribution in [0.1, 0.15) is 0 Å². The maximum Gasteiger partial charge on any atom is 0.234 e. The molecule has 19 aromatic carbocycles. The van der Waals surface area contributed by atoms with Crippen LogP contribution < -0.4 is 0 Å². The Balaban J connectivity index is 0.0000000879.